The minimum Gasteiger partial charge on any atom is -0.466 e. The molecular formula is C19H26FNO. The molecule has 0 saturated heterocycles. The van der Waals surface area contributed by atoms with Gasteiger partial charge < -0.3 is 9.73 Å². The molecule has 0 radical (unpaired) electrons. The lowest BCUT2D eigenvalue weighted by Crippen LogP contribution is -2.34. The Morgan fingerprint density at radius 1 is 1.23 bits per heavy atom. The van der Waals surface area contributed by atoms with Crippen LogP contribution in [0.15, 0.2) is 40.8 Å². The molecule has 0 saturated carbocycles. The molecule has 1 aromatic heterocycles. The molecule has 0 aliphatic carbocycles. The van der Waals surface area contributed by atoms with Crippen molar-refractivity contribution in [1.29, 1.82) is 0 Å². The third-order valence-corrected chi connectivity index (χ3v) is 4.02. The van der Waals surface area contributed by atoms with Gasteiger partial charge in [-0.05, 0) is 63.1 Å². The molecule has 0 aliphatic rings. The third-order valence-electron chi connectivity index (χ3n) is 4.02. The Morgan fingerprint density at radius 2 is 2.00 bits per heavy atom. The molecule has 0 fully saturated rings. The summed E-state index contributed by atoms with van der Waals surface area (Å²) >= 11 is 0. The van der Waals surface area contributed by atoms with Gasteiger partial charge in [-0.1, -0.05) is 26.0 Å². The van der Waals surface area contributed by atoms with Crippen LogP contribution in [-0.4, -0.2) is 12.6 Å². The van der Waals surface area contributed by atoms with Crippen molar-refractivity contribution in [1.82, 2.24) is 5.32 Å². The van der Waals surface area contributed by atoms with Crippen LogP contribution < -0.4 is 5.32 Å². The zero-order valence-corrected chi connectivity index (χ0v) is 13.9. The van der Waals surface area contributed by atoms with Crippen molar-refractivity contribution in [3.8, 4) is 0 Å². The molecule has 1 N–H and O–H groups in total. The van der Waals surface area contributed by atoms with Crippen molar-refractivity contribution in [2.45, 2.75) is 52.0 Å². The quantitative estimate of drug-likeness (QED) is 0.807. The molecule has 2 aromatic rings. The SMILES string of the molecule is Cc1ccc(C(C)(C)C[C@@H](C)NCCc2cccc(F)c2)o1. The van der Waals surface area contributed by atoms with Gasteiger partial charge in [-0.2, -0.15) is 0 Å². The molecule has 0 amide bonds. The van der Waals surface area contributed by atoms with Gasteiger partial charge in [-0.15, -0.1) is 0 Å². The van der Waals surface area contributed by atoms with Crippen LogP contribution in [0.25, 0.3) is 0 Å². The summed E-state index contributed by atoms with van der Waals surface area (Å²) in [5.41, 5.74) is 1.03. The van der Waals surface area contributed by atoms with E-state index < -0.39 is 0 Å². The molecular weight excluding hydrogens is 277 g/mol. The predicted octanol–water partition coefficient (Wildman–Crippen LogP) is 4.62. The summed E-state index contributed by atoms with van der Waals surface area (Å²) in [7, 11) is 0. The fourth-order valence-corrected chi connectivity index (χ4v) is 2.89. The number of rotatable bonds is 7. The molecule has 2 nitrogen and oxygen atoms in total. The smallest absolute Gasteiger partial charge is 0.123 e. The van der Waals surface area contributed by atoms with E-state index in [1.165, 1.54) is 6.07 Å². The van der Waals surface area contributed by atoms with E-state index in [9.17, 15) is 4.39 Å². The molecule has 1 atom stereocenters. The van der Waals surface area contributed by atoms with Gasteiger partial charge in [0.05, 0.1) is 0 Å². The predicted molar refractivity (Wildman–Crippen MR) is 88.7 cm³/mol. The molecule has 2 rings (SSSR count). The van der Waals surface area contributed by atoms with Crippen LogP contribution in [0.2, 0.25) is 0 Å². The zero-order valence-electron chi connectivity index (χ0n) is 13.9. The number of hydrogen-bond acceptors (Lipinski definition) is 2. The maximum atomic E-state index is 13.1. The Morgan fingerprint density at radius 3 is 2.64 bits per heavy atom. The summed E-state index contributed by atoms with van der Waals surface area (Å²) in [6.45, 7) is 9.41. The topological polar surface area (TPSA) is 25.2 Å². The Hall–Kier alpha value is -1.61. The maximum Gasteiger partial charge on any atom is 0.123 e. The van der Waals surface area contributed by atoms with Gasteiger partial charge in [-0.3, -0.25) is 0 Å². The molecule has 1 heterocycles. The van der Waals surface area contributed by atoms with Crippen molar-refractivity contribution < 1.29 is 8.81 Å². The Bertz CT molecular complexity index is 603. The highest BCUT2D eigenvalue weighted by molar-refractivity contribution is 5.17. The van der Waals surface area contributed by atoms with Gasteiger partial charge in [0.15, 0.2) is 0 Å². The molecule has 120 valence electrons. The molecule has 0 unspecified atom stereocenters. The largest absolute Gasteiger partial charge is 0.466 e. The van der Waals surface area contributed by atoms with E-state index in [1.54, 1.807) is 12.1 Å². The minimum atomic E-state index is -0.167. The average Bonchev–Trinajstić information content (AvgIpc) is 2.86. The van der Waals surface area contributed by atoms with Gasteiger partial charge in [0, 0.05) is 11.5 Å². The first-order valence-electron chi connectivity index (χ1n) is 7.91. The fraction of sp³-hybridized carbons (Fsp3) is 0.474. The second-order valence-electron chi connectivity index (χ2n) is 6.73. The summed E-state index contributed by atoms with van der Waals surface area (Å²) < 4.78 is 18.9. The number of nitrogens with one attached hydrogen (secondary N) is 1. The lowest BCUT2D eigenvalue weighted by molar-refractivity contribution is 0.320. The highest BCUT2D eigenvalue weighted by Gasteiger charge is 2.26. The first-order valence-corrected chi connectivity index (χ1v) is 7.91. The first kappa shape index (κ1) is 16.8. The van der Waals surface area contributed by atoms with E-state index in [0.29, 0.717) is 6.04 Å². The Labute approximate surface area is 132 Å². The number of aryl methyl sites for hydroxylation is 1. The lowest BCUT2D eigenvalue weighted by atomic mass is 9.83. The normalized spacial score (nSPS) is 13.3. The van der Waals surface area contributed by atoms with Crippen molar-refractivity contribution in [3.05, 3.63) is 59.3 Å². The number of furan rings is 1. The maximum absolute atomic E-state index is 13.1. The van der Waals surface area contributed by atoms with E-state index in [0.717, 1.165) is 36.5 Å². The summed E-state index contributed by atoms with van der Waals surface area (Å²) in [4.78, 5) is 0. The van der Waals surface area contributed by atoms with Crippen molar-refractivity contribution in [2.24, 2.45) is 0 Å². The van der Waals surface area contributed by atoms with Crippen LogP contribution in [0.3, 0.4) is 0 Å². The van der Waals surface area contributed by atoms with E-state index >= 15 is 0 Å². The number of halogens is 1. The highest BCUT2D eigenvalue weighted by Crippen LogP contribution is 2.29. The molecule has 0 aliphatic heterocycles. The van der Waals surface area contributed by atoms with Gasteiger partial charge >= 0.3 is 0 Å². The molecule has 0 bridgehead atoms. The summed E-state index contributed by atoms with van der Waals surface area (Å²) in [5.74, 6) is 1.82. The van der Waals surface area contributed by atoms with Crippen molar-refractivity contribution >= 4 is 0 Å². The number of benzene rings is 1. The second kappa shape index (κ2) is 7.10. The van der Waals surface area contributed by atoms with Crippen molar-refractivity contribution in [3.63, 3.8) is 0 Å². The highest BCUT2D eigenvalue weighted by atomic mass is 19.1. The second-order valence-corrected chi connectivity index (χ2v) is 6.73. The average molecular weight is 303 g/mol. The number of hydrogen-bond donors (Lipinski definition) is 1. The summed E-state index contributed by atoms with van der Waals surface area (Å²) in [5, 5.41) is 3.52. The monoisotopic (exact) mass is 303 g/mol. The van der Waals surface area contributed by atoms with Crippen LogP contribution >= 0.6 is 0 Å². The van der Waals surface area contributed by atoms with E-state index in [1.807, 2.05) is 19.1 Å². The summed E-state index contributed by atoms with van der Waals surface area (Å²) in [6, 6.07) is 11.2. The third kappa shape index (κ3) is 4.70. The lowest BCUT2D eigenvalue weighted by Gasteiger charge is -2.26. The van der Waals surface area contributed by atoms with Gasteiger partial charge in [0.1, 0.15) is 17.3 Å². The standard InChI is InChI=1S/C19H26FNO/c1-14(13-19(3,4)18-9-8-15(2)22-18)21-11-10-16-6-5-7-17(20)12-16/h5-9,12,14,21H,10-11,13H2,1-4H3/t14-/m1/s1. The van der Waals surface area contributed by atoms with Gasteiger partial charge in [0.25, 0.3) is 0 Å². The van der Waals surface area contributed by atoms with Gasteiger partial charge in [0.2, 0.25) is 0 Å². The Balaban J connectivity index is 1.81. The van der Waals surface area contributed by atoms with Crippen LogP contribution in [-0.2, 0) is 11.8 Å². The molecule has 0 spiro atoms. The molecule has 3 heteroatoms. The molecule has 1 aromatic carbocycles. The van der Waals surface area contributed by atoms with Crippen LogP contribution in [0.5, 0.6) is 0 Å². The first-order chi connectivity index (χ1) is 10.4. The van der Waals surface area contributed by atoms with E-state index in [4.69, 9.17) is 4.42 Å². The van der Waals surface area contributed by atoms with Crippen LogP contribution in [0.4, 0.5) is 4.39 Å². The van der Waals surface area contributed by atoms with Crippen LogP contribution in [0, 0.1) is 12.7 Å². The van der Waals surface area contributed by atoms with Crippen LogP contribution in [0.1, 0.15) is 44.3 Å². The minimum absolute atomic E-state index is 0.000465. The fourth-order valence-electron chi connectivity index (χ4n) is 2.89. The zero-order chi connectivity index (χ0) is 16.2. The molecule has 22 heavy (non-hydrogen) atoms. The van der Waals surface area contributed by atoms with E-state index in [-0.39, 0.29) is 11.2 Å². The van der Waals surface area contributed by atoms with E-state index in [2.05, 4.69) is 32.2 Å². The van der Waals surface area contributed by atoms with Crippen molar-refractivity contribution in [2.75, 3.05) is 6.54 Å². The van der Waals surface area contributed by atoms with Gasteiger partial charge in [-0.25, -0.2) is 4.39 Å². The Kier molecular flexibility index (Phi) is 5.41. The summed E-state index contributed by atoms with van der Waals surface area (Å²) in [6.07, 6.45) is 1.82.